The molecule has 2 amide bonds. The zero-order chi connectivity index (χ0) is 34.2. The summed E-state index contributed by atoms with van der Waals surface area (Å²) in [4.78, 5) is 30.5. The first-order valence-electron chi connectivity index (χ1n) is 15.2. The van der Waals surface area contributed by atoms with Crippen molar-refractivity contribution < 1.29 is 33.0 Å². The summed E-state index contributed by atoms with van der Waals surface area (Å²) in [6.07, 6.45) is 1.91. The number of carbonyl (C=O) groups is 2. The molecule has 1 aliphatic rings. The molecule has 0 aliphatic heterocycles. The molecular weight excluding hydrogens is 644 g/mol. The number of hydrogen-bond acceptors (Lipinski definition) is 7. The standard InChI is InChI=1S/C35H32ClF2N5O5/c1-3-48-32-20(17-28(39)44)16-27(41-31(32)24-10-7-11-25(36)29(24)37)35(46,23-8-5-4-6-9-23)19-40-33(45)21-14-22-18-43(34(38)12-13-34)42-30(22)26(15-21)47-2/h4-11,14-16,18,46H,3,12-13,17,19H2,1-2H3,(H2,39,44)(H,40,45)/t35-/m1/s1. The van der Waals surface area contributed by atoms with E-state index in [1.165, 1.54) is 48.3 Å². The van der Waals surface area contributed by atoms with Crippen LogP contribution in [0, 0.1) is 5.82 Å². The average molecular weight is 676 g/mol. The molecule has 0 unspecified atom stereocenters. The number of fused-ring (bicyclic) bond motifs is 1. The number of ether oxygens (including phenoxy) is 2. The minimum absolute atomic E-state index is 0.0141. The molecule has 10 nitrogen and oxygen atoms in total. The van der Waals surface area contributed by atoms with Gasteiger partial charge in [0.15, 0.2) is 5.82 Å². The summed E-state index contributed by atoms with van der Waals surface area (Å²) < 4.78 is 42.8. The van der Waals surface area contributed by atoms with Crippen molar-refractivity contribution in [1.29, 1.82) is 0 Å². The van der Waals surface area contributed by atoms with Crippen molar-refractivity contribution in [3.05, 3.63) is 106 Å². The third-order valence-corrected chi connectivity index (χ3v) is 8.51. The normalized spacial score (nSPS) is 14.7. The molecule has 1 saturated carbocycles. The van der Waals surface area contributed by atoms with Crippen LogP contribution in [0.3, 0.4) is 0 Å². The van der Waals surface area contributed by atoms with E-state index in [9.17, 15) is 19.1 Å². The number of halogens is 3. The van der Waals surface area contributed by atoms with E-state index in [0.717, 1.165) is 0 Å². The summed E-state index contributed by atoms with van der Waals surface area (Å²) in [7, 11) is 1.42. The number of benzene rings is 3. The maximum Gasteiger partial charge on any atom is 0.251 e. The van der Waals surface area contributed by atoms with E-state index in [0.29, 0.717) is 29.3 Å². The Labute approximate surface area is 279 Å². The summed E-state index contributed by atoms with van der Waals surface area (Å²) >= 11 is 6.12. The second-order valence-corrected chi connectivity index (χ2v) is 11.9. The van der Waals surface area contributed by atoms with Crippen molar-refractivity contribution in [2.45, 2.75) is 37.6 Å². The fourth-order valence-corrected chi connectivity index (χ4v) is 5.76. The zero-order valence-corrected chi connectivity index (χ0v) is 26.9. The number of alkyl halides is 1. The summed E-state index contributed by atoms with van der Waals surface area (Å²) in [5, 5.41) is 19.9. The van der Waals surface area contributed by atoms with Crippen LogP contribution >= 0.6 is 11.6 Å². The number of nitrogens with zero attached hydrogens (tertiary/aromatic N) is 3. The van der Waals surface area contributed by atoms with Crippen LogP contribution in [0.5, 0.6) is 11.5 Å². The number of hydrogen-bond donors (Lipinski definition) is 3. The van der Waals surface area contributed by atoms with Gasteiger partial charge in [0.2, 0.25) is 11.7 Å². The largest absolute Gasteiger partial charge is 0.494 e. The van der Waals surface area contributed by atoms with Crippen LogP contribution in [-0.2, 0) is 22.6 Å². The highest BCUT2D eigenvalue weighted by molar-refractivity contribution is 6.31. The molecule has 1 aliphatic carbocycles. The molecule has 0 radical (unpaired) electrons. The van der Waals surface area contributed by atoms with Crippen LogP contribution in [0.2, 0.25) is 5.02 Å². The van der Waals surface area contributed by atoms with E-state index < -0.39 is 35.6 Å². The van der Waals surface area contributed by atoms with Gasteiger partial charge >= 0.3 is 0 Å². The van der Waals surface area contributed by atoms with Crippen molar-refractivity contribution in [2.24, 2.45) is 5.73 Å². The number of primary amides is 1. The molecule has 3 aromatic carbocycles. The van der Waals surface area contributed by atoms with Crippen LogP contribution < -0.4 is 20.5 Å². The minimum atomic E-state index is -2.01. The Bertz CT molecular complexity index is 2040. The number of nitrogens with two attached hydrogens (primary N) is 1. The maximum atomic E-state index is 15.5. The summed E-state index contributed by atoms with van der Waals surface area (Å²) in [6.45, 7) is 1.46. The number of nitrogens with one attached hydrogen (secondary N) is 1. The molecular formula is C35H32ClF2N5O5. The van der Waals surface area contributed by atoms with Crippen LogP contribution in [0.4, 0.5) is 8.78 Å². The van der Waals surface area contributed by atoms with Crippen LogP contribution in [0.1, 0.15) is 46.9 Å². The minimum Gasteiger partial charge on any atom is -0.494 e. The highest BCUT2D eigenvalue weighted by Gasteiger charge is 2.46. The third-order valence-electron chi connectivity index (χ3n) is 8.22. The Kier molecular flexibility index (Phi) is 8.80. The van der Waals surface area contributed by atoms with Crippen molar-refractivity contribution in [2.75, 3.05) is 20.3 Å². The van der Waals surface area contributed by atoms with E-state index in [-0.39, 0.29) is 57.6 Å². The fourth-order valence-electron chi connectivity index (χ4n) is 5.58. The van der Waals surface area contributed by atoms with Gasteiger partial charge in [0.1, 0.15) is 28.3 Å². The smallest absolute Gasteiger partial charge is 0.251 e. The number of rotatable bonds is 12. The molecule has 48 heavy (non-hydrogen) atoms. The highest BCUT2D eigenvalue weighted by Crippen LogP contribution is 2.45. The quantitative estimate of drug-likeness (QED) is 0.161. The Hall–Kier alpha value is -5.07. The van der Waals surface area contributed by atoms with Gasteiger partial charge in [-0.2, -0.15) is 5.10 Å². The SMILES string of the molecule is CCOc1c(CC(N)=O)cc([C@@](O)(CNC(=O)c2cc(OC)c3nn(C4(F)CC4)cc3c2)c2ccccc2)nc1-c1cccc(Cl)c1F. The van der Waals surface area contributed by atoms with Crippen LogP contribution in [-0.4, -0.2) is 51.9 Å². The number of methoxy groups -OCH3 is 1. The Morgan fingerprint density at radius 1 is 1.15 bits per heavy atom. The first kappa shape index (κ1) is 32.9. The van der Waals surface area contributed by atoms with Gasteiger partial charge in [-0.3, -0.25) is 9.59 Å². The topological polar surface area (TPSA) is 142 Å². The van der Waals surface area contributed by atoms with E-state index in [2.05, 4.69) is 15.4 Å². The van der Waals surface area contributed by atoms with Crippen molar-refractivity contribution in [3.8, 4) is 22.8 Å². The first-order chi connectivity index (χ1) is 23.0. The molecule has 1 atom stereocenters. The van der Waals surface area contributed by atoms with E-state index in [1.54, 1.807) is 43.3 Å². The van der Waals surface area contributed by atoms with Gasteiger partial charge in [-0.05, 0) is 42.8 Å². The van der Waals surface area contributed by atoms with E-state index in [1.807, 2.05) is 0 Å². The molecule has 0 saturated heterocycles. The van der Waals surface area contributed by atoms with Gasteiger partial charge in [0.05, 0.1) is 37.4 Å². The van der Waals surface area contributed by atoms with Crippen molar-refractivity contribution in [3.63, 3.8) is 0 Å². The monoisotopic (exact) mass is 675 g/mol. The highest BCUT2D eigenvalue weighted by atomic mass is 35.5. The van der Waals surface area contributed by atoms with Gasteiger partial charge in [0.25, 0.3) is 5.91 Å². The fraction of sp³-hybridized carbons (Fsp3) is 0.257. The molecule has 248 valence electrons. The lowest BCUT2D eigenvalue weighted by atomic mass is 9.87. The zero-order valence-electron chi connectivity index (χ0n) is 26.1. The maximum absolute atomic E-state index is 15.5. The summed E-state index contributed by atoms with van der Waals surface area (Å²) in [6, 6.07) is 17.3. The van der Waals surface area contributed by atoms with E-state index >= 15 is 4.39 Å². The van der Waals surface area contributed by atoms with Gasteiger partial charge in [0, 0.05) is 41.1 Å². The number of amides is 2. The van der Waals surface area contributed by atoms with Gasteiger partial charge < -0.3 is 25.6 Å². The van der Waals surface area contributed by atoms with Gasteiger partial charge in [-0.25, -0.2) is 18.4 Å². The number of aliphatic hydroxyl groups is 1. The van der Waals surface area contributed by atoms with Gasteiger partial charge in [-0.15, -0.1) is 0 Å². The number of carbonyl (C=O) groups excluding carboxylic acids is 2. The summed E-state index contributed by atoms with van der Waals surface area (Å²) in [5.74, 6) is -3.24. The predicted octanol–water partition coefficient (Wildman–Crippen LogP) is 5.41. The average Bonchev–Trinajstić information content (AvgIpc) is 3.67. The molecule has 4 N–H and O–H groups in total. The second kappa shape index (κ2) is 12.9. The molecule has 5 aromatic rings. The van der Waals surface area contributed by atoms with Crippen LogP contribution in [0.15, 0.2) is 72.9 Å². The lowest BCUT2D eigenvalue weighted by Gasteiger charge is -2.30. The van der Waals surface area contributed by atoms with Crippen molar-refractivity contribution in [1.82, 2.24) is 20.1 Å². The van der Waals surface area contributed by atoms with E-state index in [4.69, 9.17) is 26.8 Å². The number of aromatic nitrogens is 3. The molecule has 2 aromatic heterocycles. The Morgan fingerprint density at radius 3 is 2.56 bits per heavy atom. The Balaban J connectivity index is 1.44. The molecule has 2 heterocycles. The molecule has 0 spiro atoms. The second-order valence-electron chi connectivity index (χ2n) is 11.5. The summed E-state index contributed by atoms with van der Waals surface area (Å²) in [5.41, 5.74) is 4.69. The number of pyridine rings is 1. The Morgan fingerprint density at radius 2 is 1.90 bits per heavy atom. The van der Waals surface area contributed by atoms with Gasteiger partial charge in [-0.1, -0.05) is 48.0 Å². The lowest BCUT2D eigenvalue weighted by Crippen LogP contribution is -2.42. The predicted molar refractivity (Wildman–Crippen MR) is 175 cm³/mol. The first-order valence-corrected chi connectivity index (χ1v) is 15.6. The van der Waals surface area contributed by atoms with Crippen molar-refractivity contribution >= 4 is 34.3 Å². The van der Waals surface area contributed by atoms with Crippen LogP contribution in [0.25, 0.3) is 22.2 Å². The molecule has 6 rings (SSSR count). The molecule has 13 heteroatoms. The molecule has 1 fully saturated rings. The third kappa shape index (κ3) is 6.16. The molecule has 0 bridgehead atoms. The lowest BCUT2D eigenvalue weighted by molar-refractivity contribution is -0.117.